The molecule has 114 valence electrons. The van der Waals surface area contributed by atoms with Crippen molar-refractivity contribution in [2.75, 3.05) is 17.2 Å². The maximum atomic E-state index is 6.15. The van der Waals surface area contributed by atoms with Crippen molar-refractivity contribution in [3.05, 3.63) is 28.2 Å². The second-order valence-electron chi connectivity index (χ2n) is 4.94. The molecular weight excluding hydrogens is 288 g/mol. The minimum absolute atomic E-state index is 0.510. The molecular formula is C14H21ClN6. The van der Waals surface area contributed by atoms with Crippen LogP contribution in [0, 0.1) is 13.8 Å². The fourth-order valence-electron chi connectivity index (χ4n) is 2.06. The Kier molecular flexibility index (Phi) is 5.01. The van der Waals surface area contributed by atoms with Crippen LogP contribution in [-0.2, 0) is 13.6 Å². The van der Waals surface area contributed by atoms with Crippen molar-refractivity contribution in [3.8, 4) is 0 Å². The summed E-state index contributed by atoms with van der Waals surface area (Å²) in [6.45, 7) is 7.61. The topological polar surface area (TPSA) is 67.7 Å². The molecule has 2 N–H and O–H groups in total. The number of rotatable bonds is 6. The van der Waals surface area contributed by atoms with E-state index in [-0.39, 0.29) is 0 Å². The fraction of sp³-hybridized carbons (Fsp3) is 0.500. The molecule has 0 amide bonds. The maximum Gasteiger partial charge on any atom is 0.224 e. The number of nitrogens with zero attached hydrogens (tertiary/aromatic N) is 4. The van der Waals surface area contributed by atoms with E-state index in [2.05, 4.69) is 32.6 Å². The third-order valence-electron chi connectivity index (χ3n) is 3.37. The summed E-state index contributed by atoms with van der Waals surface area (Å²) < 4.78 is 1.88. The van der Waals surface area contributed by atoms with Gasteiger partial charge in [0.1, 0.15) is 5.02 Å². The molecule has 0 saturated carbocycles. The molecule has 0 bridgehead atoms. The Morgan fingerprint density at radius 3 is 2.67 bits per heavy atom. The quantitative estimate of drug-likeness (QED) is 0.859. The van der Waals surface area contributed by atoms with E-state index in [9.17, 15) is 0 Å². The van der Waals surface area contributed by atoms with Crippen molar-refractivity contribution in [2.24, 2.45) is 7.05 Å². The van der Waals surface area contributed by atoms with E-state index in [1.54, 1.807) is 6.20 Å². The van der Waals surface area contributed by atoms with Gasteiger partial charge < -0.3 is 10.6 Å². The zero-order chi connectivity index (χ0) is 15.4. The van der Waals surface area contributed by atoms with Gasteiger partial charge in [0.2, 0.25) is 5.95 Å². The van der Waals surface area contributed by atoms with Crippen LogP contribution in [0.5, 0.6) is 0 Å². The molecule has 0 radical (unpaired) electrons. The molecule has 0 atom stereocenters. The average molecular weight is 309 g/mol. The molecule has 2 heterocycles. The Hall–Kier alpha value is -1.82. The second kappa shape index (κ2) is 6.76. The van der Waals surface area contributed by atoms with Crippen molar-refractivity contribution < 1.29 is 0 Å². The summed E-state index contributed by atoms with van der Waals surface area (Å²) in [6.07, 6.45) is 2.63. The molecule has 0 aliphatic rings. The van der Waals surface area contributed by atoms with Crippen LogP contribution in [0.2, 0.25) is 5.02 Å². The summed E-state index contributed by atoms with van der Waals surface area (Å²) >= 11 is 6.15. The van der Waals surface area contributed by atoms with E-state index >= 15 is 0 Å². The number of nitrogens with one attached hydrogen (secondary N) is 2. The zero-order valence-electron chi connectivity index (χ0n) is 12.9. The van der Waals surface area contributed by atoms with Crippen LogP contribution in [0.3, 0.4) is 0 Å². The number of aromatic nitrogens is 4. The molecule has 2 aromatic rings. The van der Waals surface area contributed by atoms with Crippen LogP contribution in [0.4, 0.5) is 11.8 Å². The van der Waals surface area contributed by atoms with Crippen LogP contribution in [0.25, 0.3) is 0 Å². The first kappa shape index (κ1) is 15.6. The van der Waals surface area contributed by atoms with Gasteiger partial charge in [0.05, 0.1) is 11.9 Å². The van der Waals surface area contributed by atoms with Crippen molar-refractivity contribution in [3.63, 3.8) is 0 Å². The van der Waals surface area contributed by atoms with Gasteiger partial charge in [-0.15, -0.1) is 0 Å². The van der Waals surface area contributed by atoms with Gasteiger partial charge in [-0.3, -0.25) is 4.68 Å². The highest BCUT2D eigenvalue weighted by Gasteiger charge is 2.11. The zero-order valence-corrected chi connectivity index (χ0v) is 13.6. The standard InChI is InChI=1S/C14H21ClN6/c1-5-6-16-14-18-8-12(15)13(19-14)17-7-11-9(2)20-21(4)10(11)3/h8H,5-7H2,1-4H3,(H2,16,17,18,19). The van der Waals surface area contributed by atoms with Gasteiger partial charge in [0.15, 0.2) is 5.82 Å². The largest absolute Gasteiger partial charge is 0.364 e. The molecule has 0 aliphatic carbocycles. The lowest BCUT2D eigenvalue weighted by Crippen LogP contribution is -2.08. The molecule has 0 saturated heterocycles. The van der Waals surface area contributed by atoms with Gasteiger partial charge in [0.25, 0.3) is 0 Å². The van der Waals surface area contributed by atoms with E-state index in [0.29, 0.717) is 23.3 Å². The molecule has 21 heavy (non-hydrogen) atoms. The number of aryl methyl sites for hydroxylation is 2. The Labute approximate surface area is 129 Å². The molecule has 6 nitrogen and oxygen atoms in total. The summed E-state index contributed by atoms with van der Waals surface area (Å²) in [7, 11) is 1.94. The smallest absolute Gasteiger partial charge is 0.224 e. The van der Waals surface area contributed by atoms with Gasteiger partial charge in [-0.1, -0.05) is 18.5 Å². The molecule has 7 heteroatoms. The molecule has 0 aliphatic heterocycles. The highest BCUT2D eigenvalue weighted by Crippen LogP contribution is 2.21. The van der Waals surface area contributed by atoms with Crippen LogP contribution in [0.15, 0.2) is 6.20 Å². The lowest BCUT2D eigenvalue weighted by atomic mass is 10.2. The molecule has 0 spiro atoms. The van der Waals surface area contributed by atoms with Crippen LogP contribution in [-0.4, -0.2) is 26.3 Å². The lowest BCUT2D eigenvalue weighted by Gasteiger charge is -2.10. The first-order valence-electron chi connectivity index (χ1n) is 7.02. The predicted molar refractivity (Wildman–Crippen MR) is 85.8 cm³/mol. The minimum atomic E-state index is 0.510. The van der Waals surface area contributed by atoms with Crippen molar-refractivity contribution >= 4 is 23.4 Å². The molecule has 2 rings (SSSR count). The normalized spacial score (nSPS) is 10.7. The fourth-order valence-corrected chi connectivity index (χ4v) is 2.22. The van der Waals surface area contributed by atoms with Gasteiger partial charge in [0, 0.05) is 31.4 Å². The van der Waals surface area contributed by atoms with Crippen molar-refractivity contribution in [2.45, 2.75) is 33.7 Å². The monoisotopic (exact) mass is 308 g/mol. The average Bonchev–Trinajstić information content (AvgIpc) is 2.70. The summed E-state index contributed by atoms with van der Waals surface area (Å²) in [6, 6.07) is 0. The third kappa shape index (κ3) is 3.64. The summed E-state index contributed by atoms with van der Waals surface area (Å²) in [5, 5.41) is 11.3. The molecule has 0 aromatic carbocycles. The maximum absolute atomic E-state index is 6.15. The summed E-state index contributed by atoms with van der Waals surface area (Å²) in [5.41, 5.74) is 3.31. The molecule has 0 fully saturated rings. The Bertz CT molecular complexity index is 622. The van der Waals surface area contributed by atoms with Gasteiger partial charge in [-0.25, -0.2) is 4.98 Å². The summed E-state index contributed by atoms with van der Waals surface area (Å²) in [4.78, 5) is 8.56. The highest BCUT2D eigenvalue weighted by atomic mass is 35.5. The number of hydrogen-bond acceptors (Lipinski definition) is 5. The SMILES string of the molecule is CCCNc1ncc(Cl)c(NCc2c(C)nn(C)c2C)n1. The Morgan fingerprint density at radius 2 is 2.05 bits per heavy atom. The number of halogens is 1. The first-order chi connectivity index (χ1) is 10.0. The van der Waals surface area contributed by atoms with Crippen LogP contribution >= 0.6 is 11.6 Å². The highest BCUT2D eigenvalue weighted by molar-refractivity contribution is 6.32. The Balaban J connectivity index is 2.12. The lowest BCUT2D eigenvalue weighted by molar-refractivity contribution is 0.730. The van der Waals surface area contributed by atoms with Gasteiger partial charge in [-0.2, -0.15) is 10.1 Å². The van der Waals surface area contributed by atoms with Crippen LogP contribution in [0.1, 0.15) is 30.3 Å². The molecule has 0 unspecified atom stereocenters. The van der Waals surface area contributed by atoms with Crippen molar-refractivity contribution in [1.82, 2.24) is 19.7 Å². The van der Waals surface area contributed by atoms with Crippen molar-refractivity contribution in [1.29, 1.82) is 0 Å². The van der Waals surface area contributed by atoms with E-state index in [1.807, 2.05) is 25.6 Å². The van der Waals surface area contributed by atoms with E-state index in [0.717, 1.165) is 29.9 Å². The summed E-state index contributed by atoms with van der Waals surface area (Å²) in [5.74, 6) is 1.22. The molecule has 2 aromatic heterocycles. The number of anilines is 2. The van der Waals surface area contributed by atoms with E-state index < -0.39 is 0 Å². The Morgan fingerprint density at radius 1 is 1.29 bits per heavy atom. The third-order valence-corrected chi connectivity index (χ3v) is 3.65. The first-order valence-corrected chi connectivity index (χ1v) is 7.40. The van der Waals surface area contributed by atoms with Crippen LogP contribution < -0.4 is 10.6 Å². The van der Waals surface area contributed by atoms with Gasteiger partial charge >= 0.3 is 0 Å². The van der Waals surface area contributed by atoms with E-state index in [4.69, 9.17) is 11.6 Å². The van der Waals surface area contributed by atoms with E-state index in [1.165, 1.54) is 0 Å². The minimum Gasteiger partial charge on any atom is -0.364 e. The van der Waals surface area contributed by atoms with Gasteiger partial charge in [-0.05, 0) is 20.3 Å². The predicted octanol–water partition coefficient (Wildman–Crippen LogP) is 2.91. The number of hydrogen-bond donors (Lipinski definition) is 2. The second-order valence-corrected chi connectivity index (χ2v) is 5.35.